The molecule has 146 valence electrons. The fourth-order valence-corrected chi connectivity index (χ4v) is 4.63. The molecule has 1 aliphatic heterocycles. The van der Waals surface area contributed by atoms with Crippen LogP contribution in [0.2, 0.25) is 0 Å². The monoisotopic (exact) mass is 384 g/mol. The second-order valence-corrected chi connectivity index (χ2v) is 8.94. The Kier molecular flexibility index (Phi) is 6.25. The van der Waals surface area contributed by atoms with E-state index in [9.17, 15) is 18.0 Å². The second-order valence-electron chi connectivity index (χ2n) is 7.00. The molecule has 1 unspecified atom stereocenters. The van der Waals surface area contributed by atoms with E-state index in [4.69, 9.17) is 5.73 Å². The third-order valence-corrected chi connectivity index (χ3v) is 7.04. The van der Waals surface area contributed by atoms with Crippen molar-refractivity contribution in [2.75, 3.05) is 32.7 Å². The SMILES string of the molecule is CCN(CC)S(=O)(=O)c1ccc(=O)n(CC(=O)N2CCC(C)(CN)C2)c1. The highest BCUT2D eigenvalue weighted by Gasteiger charge is 2.35. The average molecular weight is 385 g/mol. The van der Waals surface area contributed by atoms with Gasteiger partial charge in [-0.15, -0.1) is 0 Å². The van der Waals surface area contributed by atoms with Gasteiger partial charge in [0.25, 0.3) is 5.56 Å². The van der Waals surface area contributed by atoms with Crippen molar-refractivity contribution in [3.63, 3.8) is 0 Å². The Balaban J connectivity index is 2.23. The molecule has 1 saturated heterocycles. The van der Waals surface area contributed by atoms with Crippen molar-refractivity contribution >= 4 is 15.9 Å². The summed E-state index contributed by atoms with van der Waals surface area (Å²) in [6.07, 6.45) is 2.08. The van der Waals surface area contributed by atoms with Crippen LogP contribution in [0, 0.1) is 5.41 Å². The van der Waals surface area contributed by atoms with Crippen LogP contribution in [0.15, 0.2) is 28.0 Å². The Labute approximate surface area is 154 Å². The predicted octanol–water partition coefficient (Wildman–Crippen LogP) is 0.0761. The van der Waals surface area contributed by atoms with Crippen LogP contribution in [0.1, 0.15) is 27.2 Å². The van der Waals surface area contributed by atoms with Crippen LogP contribution in [0.5, 0.6) is 0 Å². The molecule has 8 nitrogen and oxygen atoms in total. The number of carbonyl (C=O) groups excluding carboxylic acids is 1. The third kappa shape index (κ3) is 4.16. The molecule has 1 atom stereocenters. The van der Waals surface area contributed by atoms with E-state index in [1.165, 1.54) is 22.6 Å². The van der Waals surface area contributed by atoms with E-state index in [1.807, 2.05) is 6.92 Å². The molecular formula is C17H28N4O4S. The van der Waals surface area contributed by atoms with Crippen molar-refractivity contribution < 1.29 is 13.2 Å². The Hall–Kier alpha value is -1.71. The maximum absolute atomic E-state index is 12.6. The predicted molar refractivity (Wildman–Crippen MR) is 99.2 cm³/mol. The number of pyridine rings is 1. The first kappa shape index (κ1) is 20.6. The first-order valence-corrected chi connectivity index (χ1v) is 10.3. The van der Waals surface area contributed by atoms with E-state index < -0.39 is 15.6 Å². The summed E-state index contributed by atoms with van der Waals surface area (Å²) in [6, 6.07) is 2.48. The summed E-state index contributed by atoms with van der Waals surface area (Å²) in [5.74, 6) is -0.207. The number of carbonyl (C=O) groups is 1. The van der Waals surface area contributed by atoms with E-state index in [-0.39, 0.29) is 22.8 Å². The summed E-state index contributed by atoms with van der Waals surface area (Å²) in [5.41, 5.74) is 5.26. The van der Waals surface area contributed by atoms with Crippen LogP contribution in [-0.4, -0.2) is 60.8 Å². The molecule has 2 heterocycles. The van der Waals surface area contributed by atoms with Gasteiger partial charge in [-0.05, 0) is 24.4 Å². The minimum atomic E-state index is -3.69. The molecule has 0 radical (unpaired) electrons. The maximum atomic E-state index is 12.6. The zero-order valence-corrected chi connectivity index (χ0v) is 16.5. The van der Waals surface area contributed by atoms with Crippen LogP contribution >= 0.6 is 0 Å². The number of sulfonamides is 1. The highest BCUT2D eigenvalue weighted by Crippen LogP contribution is 2.28. The van der Waals surface area contributed by atoms with E-state index in [2.05, 4.69) is 0 Å². The van der Waals surface area contributed by atoms with Crippen molar-refractivity contribution in [2.45, 2.75) is 38.6 Å². The van der Waals surface area contributed by atoms with Gasteiger partial charge in [-0.3, -0.25) is 9.59 Å². The normalized spacial score (nSPS) is 20.7. The van der Waals surface area contributed by atoms with Gasteiger partial charge in [-0.25, -0.2) is 8.42 Å². The molecule has 0 spiro atoms. The van der Waals surface area contributed by atoms with Crippen LogP contribution in [0.25, 0.3) is 0 Å². The van der Waals surface area contributed by atoms with Gasteiger partial charge in [0.05, 0.1) is 4.90 Å². The maximum Gasteiger partial charge on any atom is 0.251 e. The Bertz CT molecular complexity index is 816. The molecule has 0 aliphatic carbocycles. The van der Waals surface area contributed by atoms with E-state index >= 15 is 0 Å². The van der Waals surface area contributed by atoms with Crippen molar-refractivity contribution in [1.29, 1.82) is 0 Å². The van der Waals surface area contributed by atoms with Gasteiger partial charge < -0.3 is 15.2 Å². The largest absolute Gasteiger partial charge is 0.341 e. The number of aromatic nitrogens is 1. The number of nitrogens with zero attached hydrogens (tertiary/aromatic N) is 3. The molecular weight excluding hydrogens is 356 g/mol. The summed E-state index contributed by atoms with van der Waals surface area (Å²) in [6.45, 7) is 7.67. The highest BCUT2D eigenvalue weighted by atomic mass is 32.2. The molecule has 2 rings (SSSR count). The quantitative estimate of drug-likeness (QED) is 0.716. The molecule has 1 aromatic heterocycles. The third-order valence-electron chi connectivity index (χ3n) is 5.01. The fourth-order valence-electron chi connectivity index (χ4n) is 3.15. The van der Waals surface area contributed by atoms with Crippen molar-refractivity contribution in [2.24, 2.45) is 11.1 Å². The lowest BCUT2D eigenvalue weighted by Crippen LogP contribution is -2.38. The number of amides is 1. The lowest BCUT2D eigenvalue weighted by Gasteiger charge is -2.23. The molecule has 2 N–H and O–H groups in total. The van der Waals surface area contributed by atoms with Gasteiger partial charge in [-0.1, -0.05) is 20.8 Å². The van der Waals surface area contributed by atoms with Crippen LogP contribution in [-0.2, 0) is 21.4 Å². The van der Waals surface area contributed by atoms with Crippen molar-refractivity contribution in [1.82, 2.24) is 13.8 Å². The summed E-state index contributed by atoms with van der Waals surface area (Å²) < 4.78 is 27.7. The molecule has 26 heavy (non-hydrogen) atoms. The zero-order chi connectivity index (χ0) is 19.5. The van der Waals surface area contributed by atoms with E-state index in [0.29, 0.717) is 32.7 Å². The minimum Gasteiger partial charge on any atom is -0.341 e. The fraction of sp³-hybridized carbons (Fsp3) is 0.647. The van der Waals surface area contributed by atoms with Gasteiger partial charge in [0, 0.05) is 38.4 Å². The number of rotatable bonds is 7. The lowest BCUT2D eigenvalue weighted by atomic mass is 9.90. The Morgan fingerprint density at radius 2 is 1.96 bits per heavy atom. The topological polar surface area (TPSA) is 106 Å². The summed E-state index contributed by atoms with van der Waals surface area (Å²) in [5, 5.41) is 0. The van der Waals surface area contributed by atoms with Gasteiger partial charge >= 0.3 is 0 Å². The molecule has 0 aromatic carbocycles. The summed E-state index contributed by atoms with van der Waals surface area (Å²) in [7, 11) is -3.69. The Morgan fingerprint density at radius 3 is 2.50 bits per heavy atom. The Morgan fingerprint density at radius 1 is 1.31 bits per heavy atom. The van der Waals surface area contributed by atoms with Crippen molar-refractivity contribution in [3.05, 3.63) is 28.7 Å². The van der Waals surface area contributed by atoms with Gasteiger partial charge in [0.2, 0.25) is 15.9 Å². The van der Waals surface area contributed by atoms with Crippen LogP contribution < -0.4 is 11.3 Å². The number of nitrogens with two attached hydrogens (primary N) is 1. The van der Waals surface area contributed by atoms with E-state index in [1.54, 1.807) is 18.7 Å². The first-order chi connectivity index (χ1) is 12.2. The average Bonchev–Trinajstić information content (AvgIpc) is 3.00. The number of likely N-dealkylation sites (tertiary alicyclic amines) is 1. The second kappa shape index (κ2) is 7.89. The molecule has 0 saturated carbocycles. The first-order valence-electron chi connectivity index (χ1n) is 8.85. The molecule has 1 fully saturated rings. The van der Waals surface area contributed by atoms with Crippen LogP contribution in [0.3, 0.4) is 0 Å². The van der Waals surface area contributed by atoms with Gasteiger partial charge in [0.15, 0.2) is 0 Å². The molecule has 9 heteroatoms. The smallest absolute Gasteiger partial charge is 0.251 e. The standard InChI is InChI=1S/C17H28N4O4S/c1-4-21(5-2)26(24,25)14-6-7-15(22)20(10-14)11-16(23)19-9-8-17(3,12-18)13-19/h6-7,10H,4-5,8-9,11-13,18H2,1-3H3. The molecule has 1 aromatic rings. The lowest BCUT2D eigenvalue weighted by molar-refractivity contribution is -0.131. The van der Waals surface area contributed by atoms with Crippen molar-refractivity contribution in [3.8, 4) is 0 Å². The summed E-state index contributed by atoms with van der Waals surface area (Å²) >= 11 is 0. The minimum absolute atomic E-state index is 0.0156. The van der Waals surface area contributed by atoms with E-state index in [0.717, 1.165) is 11.0 Å². The number of hydrogen-bond donors (Lipinski definition) is 1. The highest BCUT2D eigenvalue weighted by molar-refractivity contribution is 7.89. The molecule has 0 bridgehead atoms. The number of hydrogen-bond acceptors (Lipinski definition) is 5. The molecule has 1 amide bonds. The summed E-state index contributed by atoms with van der Waals surface area (Å²) in [4.78, 5) is 26.3. The molecule has 1 aliphatic rings. The zero-order valence-electron chi connectivity index (χ0n) is 15.6. The van der Waals surface area contributed by atoms with Gasteiger partial charge in [-0.2, -0.15) is 4.31 Å². The van der Waals surface area contributed by atoms with Crippen LogP contribution in [0.4, 0.5) is 0 Å². The van der Waals surface area contributed by atoms with Gasteiger partial charge in [0.1, 0.15) is 6.54 Å².